The van der Waals surface area contributed by atoms with Crippen LogP contribution in [0.25, 0.3) is 0 Å². The molecule has 1 aromatic rings. The Morgan fingerprint density at radius 1 is 1.29 bits per heavy atom. The van der Waals surface area contributed by atoms with Crippen molar-refractivity contribution in [2.24, 2.45) is 0 Å². The van der Waals surface area contributed by atoms with Crippen LogP contribution in [0, 0.1) is 0 Å². The van der Waals surface area contributed by atoms with Gasteiger partial charge in [0.1, 0.15) is 5.54 Å². The largest absolute Gasteiger partial charge is 0.480 e. The maximum atomic E-state index is 12.3. The molecular formula is C14H17NO5S. The molecule has 114 valence electrons. The number of carbonyl (C=O) groups is 2. The van der Waals surface area contributed by atoms with Crippen molar-refractivity contribution in [2.45, 2.75) is 36.6 Å². The minimum absolute atomic E-state index is 0.00752. The molecule has 1 saturated carbocycles. The van der Waals surface area contributed by atoms with Crippen LogP contribution in [-0.4, -0.2) is 36.7 Å². The fraction of sp³-hybridized carbons (Fsp3) is 0.429. The third-order valence-corrected chi connectivity index (χ3v) is 5.60. The second kappa shape index (κ2) is 5.48. The number of carboxylic acid groups (broad SMARTS) is 1. The zero-order valence-corrected chi connectivity index (χ0v) is 12.4. The predicted octanol–water partition coefficient (Wildman–Crippen LogP) is 1.22. The second-order valence-electron chi connectivity index (χ2n) is 5.09. The van der Waals surface area contributed by atoms with Crippen molar-refractivity contribution in [3.63, 3.8) is 0 Å². The van der Waals surface area contributed by atoms with Crippen LogP contribution < -0.4 is 5.32 Å². The number of nitrogens with one attached hydrogen (secondary N) is 1. The van der Waals surface area contributed by atoms with E-state index in [2.05, 4.69) is 5.32 Å². The molecule has 2 N–H and O–H groups in total. The van der Waals surface area contributed by atoms with Gasteiger partial charge in [0.2, 0.25) is 0 Å². The standard InChI is InChI=1S/C14H17NO5S/c1-2-21(19,20)11-7-4-3-6-10(11)12(16)15-14(13(17)18)8-5-9-14/h3-4,6-7H,2,5,8-9H2,1H3,(H,15,16)(H,17,18). The monoisotopic (exact) mass is 311 g/mol. The Balaban J connectivity index is 2.35. The highest BCUT2D eigenvalue weighted by molar-refractivity contribution is 7.91. The highest BCUT2D eigenvalue weighted by Gasteiger charge is 2.46. The molecule has 1 fully saturated rings. The smallest absolute Gasteiger partial charge is 0.329 e. The highest BCUT2D eigenvalue weighted by atomic mass is 32.2. The summed E-state index contributed by atoms with van der Waals surface area (Å²) in [5, 5.41) is 11.7. The molecule has 0 unspecified atom stereocenters. The first-order valence-electron chi connectivity index (χ1n) is 6.70. The molecule has 2 rings (SSSR count). The Morgan fingerprint density at radius 2 is 1.90 bits per heavy atom. The SMILES string of the molecule is CCS(=O)(=O)c1ccccc1C(=O)NC1(C(=O)O)CCC1. The summed E-state index contributed by atoms with van der Waals surface area (Å²) in [7, 11) is -3.55. The third-order valence-electron chi connectivity index (χ3n) is 3.82. The van der Waals surface area contributed by atoms with E-state index in [0.717, 1.165) is 6.42 Å². The molecule has 1 aromatic carbocycles. The first kappa shape index (κ1) is 15.5. The topological polar surface area (TPSA) is 101 Å². The van der Waals surface area contributed by atoms with Crippen molar-refractivity contribution < 1.29 is 23.1 Å². The van der Waals surface area contributed by atoms with Gasteiger partial charge in [-0.2, -0.15) is 0 Å². The number of rotatable bonds is 5. The predicted molar refractivity (Wildman–Crippen MR) is 75.9 cm³/mol. The van der Waals surface area contributed by atoms with Crippen LogP contribution in [-0.2, 0) is 14.6 Å². The van der Waals surface area contributed by atoms with Gasteiger partial charge < -0.3 is 10.4 Å². The summed E-state index contributed by atoms with van der Waals surface area (Å²) in [6, 6.07) is 5.85. The average molecular weight is 311 g/mol. The molecule has 0 bridgehead atoms. The normalized spacial score (nSPS) is 16.8. The molecule has 1 amide bonds. The van der Waals surface area contributed by atoms with Gasteiger partial charge in [-0.3, -0.25) is 4.79 Å². The first-order chi connectivity index (χ1) is 9.82. The Kier molecular flexibility index (Phi) is 4.04. The number of benzene rings is 1. The Labute approximate surface area is 123 Å². The van der Waals surface area contributed by atoms with Crippen molar-refractivity contribution in [2.75, 3.05) is 5.75 Å². The van der Waals surface area contributed by atoms with E-state index >= 15 is 0 Å². The van der Waals surface area contributed by atoms with E-state index in [4.69, 9.17) is 0 Å². The van der Waals surface area contributed by atoms with Crippen LogP contribution in [0.3, 0.4) is 0 Å². The van der Waals surface area contributed by atoms with Gasteiger partial charge in [-0.05, 0) is 31.4 Å². The maximum absolute atomic E-state index is 12.3. The van der Waals surface area contributed by atoms with Gasteiger partial charge in [0.05, 0.1) is 16.2 Å². The molecule has 0 heterocycles. The lowest BCUT2D eigenvalue weighted by Crippen LogP contribution is -2.59. The van der Waals surface area contributed by atoms with E-state index < -0.39 is 27.3 Å². The molecule has 1 aliphatic carbocycles. The van der Waals surface area contributed by atoms with Crippen molar-refractivity contribution >= 4 is 21.7 Å². The minimum Gasteiger partial charge on any atom is -0.480 e. The Bertz CT molecular complexity index is 676. The molecule has 0 aromatic heterocycles. The molecule has 6 nitrogen and oxygen atoms in total. The van der Waals surface area contributed by atoms with Crippen LogP contribution in [0.4, 0.5) is 0 Å². The summed E-state index contributed by atoms with van der Waals surface area (Å²) < 4.78 is 24.0. The van der Waals surface area contributed by atoms with Gasteiger partial charge >= 0.3 is 5.97 Å². The van der Waals surface area contributed by atoms with Gasteiger partial charge in [0, 0.05) is 0 Å². The van der Waals surface area contributed by atoms with Gasteiger partial charge in [0.15, 0.2) is 9.84 Å². The van der Waals surface area contributed by atoms with Crippen molar-refractivity contribution in [3.8, 4) is 0 Å². The summed E-state index contributed by atoms with van der Waals surface area (Å²) in [5.41, 5.74) is -1.27. The molecule has 1 aliphatic rings. The number of sulfone groups is 1. The summed E-state index contributed by atoms with van der Waals surface area (Å²) >= 11 is 0. The van der Waals surface area contributed by atoms with Crippen LogP contribution in [0.5, 0.6) is 0 Å². The number of amides is 1. The van der Waals surface area contributed by atoms with E-state index in [1.54, 1.807) is 6.07 Å². The van der Waals surface area contributed by atoms with Gasteiger partial charge in [0.25, 0.3) is 5.91 Å². The Morgan fingerprint density at radius 3 is 2.38 bits per heavy atom. The molecule has 0 aliphatic heterocycles. The number of carbonyl (C=O) groups excluding carboxylic acids is 1. The molecule has 0 radical (unpaired) electrons. The lowest BCUT2D eigenvalue weighted by atomic mass is 9.76. The highest BCUT2D eigenvalue weighted by Crippen LogP contribution is 2.32. The fourth-order valence-corrected chi connectivity index (χ4v) is 3.38. The molecule has 0 atom stereocenters. The van der Waals surface area contributed by atoms with Gasteiger partial charge in [-0.15, -0.1) is 0 Å². The summed E-state index contributed by atoms with van der Waals surface area (Å²) in [6.45, 7) is 1.49. The average Bonchev–Trinajstić information content (AvgIpc) is 2.42. The number of carboxylic acids is 1. The van der Waals surface area contributed by atoms with E-state index in [9.17, 15) is 23.1 Å². The van der Waals surface area contributed by atoms with E-state index in [0.29, 0.717) is 12.8 Å². The van der Waals surface area contributed by atoms with E-state index in [1.165, 1.54) is 25.1 Å². The first-order valence-corrected chi connectivity index (χ1v) is 8.35. The number of hydrogen-bond donors (Lipinski definition) is 2. The van der Waals surface area contributed by atoms with Gasteiger partial charge in [-0.25, -0.2) is 13.2 Å². The van der Waals surface area contributed by atoms with Crippen LogP contribution in [0.15, 0.2) is 29.2 Å². The van der Waals surface area contributed by atoms with Crippen molar-refractivity contribution in [3.05, 3.63) is 29.8 Å². The molecule has 21 heavy (non-hydrogen) atoms. The fourth-order valence-electron chi connectivity index (χ4n) is 2.29. The zero-order valence-electron chi connectivity index (χ0n) is 11.6. The maximum Gasteiger partial charge on any atom is 0.329 e. The van der Waals surface area contributed by atoms with Crippen LogP contribution in [0.1, 0.15) is 36.5 Å². The summed E-state index contributed by atoms with van der Waals surface area (Å²) in [6.07, 6.45) is 1.44. The van der Waals surface area contributed by atoms with Crippen molar-refractivity contribution in [1.82, 2.24) is 5.32 Å². The quantitative estimate of drug-likeness (QED) is 0.851. The van der Waals surface area contributed by atoms with Gasteiger partial charge in [-0.1, -0.05) is 19.1 Å². The second-order valence-corrected chi connectivity index (χ2v) is 7.34. The third kappa shape index (κ3) is 2.78. The van der Waals surface area contributed by atoms with E-state index in [1.807, 2.05) is 0 Å². The lowest BCUT2D eigenvalue weighted by molar-refractivity contribution is -0.148. The number of hydrogen-bond acceptors (Lipinski definition) is 4. The molecular weight excluding hydrogens is 294 g/mol. The number of aliphatic carboxylic acids is 1. The zero-order chi connectivity index (χ0) is 15.7. The molecule has 7 heteroatoms. The Hall–Kier alpha value is -1.89. The van der Waals surface area contributed by atoms with Crippen LogP contribution >= 0.6 is 0 Å². The minimum atomic E-state index is -3.55. The summed E-state index contributed by atoms with van der Waals surface area (Å²) in [4.78, 5) is 23.5. The molecule has 0 spiro atoms. The lowest BCUT2D eigenvalue weighted by Gasteiger charge is -2.38. The van der Waals surface area contributed by atoms with Crippen LogP contribution in [0.2, 0.25) is 0 Å². The summed E-state index contributed by atoms with van der Waals surface area (Å²) in [5.74, 6) is -1.87. The van der Waals surface area contributed by atoms with E-state index in [-0.39, 0.29) is 16.2 Å². The molecule has 0 saturated heterocycles. The van der Waals surface area contributed by atoms with Crippen molar-refractivity contribution in [1.29, 1.82) is 0 Å².